The van der Waals surface area contributed by atoms with E-state index in [1.54, 1.807) is 35.7 Å². The van der Waals surface area contributed by atoms with Gasteiger partial charge in [-0.05, 0) is 54.3 Å². The lowest BCUT2D eigenvalue weighted by molar-refractivity contribution is 0.0600. The third-order valence-electron chi connectivity index (χ3n) is 2.91. The molecule has 2 N–H and O–H groups in total. The number of benzene rings is 2. The van der Waals surface area contributed by atoms with Crippen molar-refractivity contribution in [3.8, 4) is 0 Å². The maximum Gasteiger partial charge on any atom is 0.337 e. The van der Waals surface area contributed by atoms with Gasteiger partial charge in [0, 0.05) is 21.2 Å². The van der Waals surface area contributed by atoms with Gasteiger partial charge in [0.25, 0.3) is 0 Å². The van der Waals surface area contributed by atoms with E-state index in [0.717, 1.165) is 16.3 Å². The fourth-order valence-electron chi connectivity index (χ4n) is 1.86. The first-order valence-corrected chi connectivity index (χ1v) is 8.58. The van der Waals surface area contributed by atoms with Gasteiger partial charge in [-0.2, -0.15) is 0 Å². The number of rotatable bonds is 5. The minimum Gasteiger partial charge on any atom is -0.465 e. The Hall–Kier alpha value is -1.59. The lowest BCUT2D eigenvalue weighted by Crippen LogP contribution is -2.00. The first-order chi connectivity index (χ1) is 10.1. The second kappa shape index (κ2) is 7.43. The van der Waals surface area contributed by atoms with Crippen LogP contribution in [0.25, 0.3) is 0 Å². The molecule has 0 saturated carbocycles. The van der Waals surface area contributed by atoms with Crippen LogP contribution < -0.4 is 5.73 Å². The number of carbonyl (C=O) groups excluding carboxylic acids is 1. The highest BCUT2D eigenvalue weighted by Gasteiger charge is 2.05. The lowest BCUT2D eigenvalue weighted by atomic mass is 10.2. The number of carbonyl (C=O) groups is 1. The van der Waals surface area contributed by atoms with Gasteiger partial charge in [0.05, 0.1) is 12.7 Å². The monoisotopic (exact) mass is 319 g/mol. The average molecular weight is 319 g/mol. The highest BCUT2D eigenvalue weighted by Crippen LogP contribution is 2.27. The summed E-state index contributed by atoms with van der Waals surface area (Å²) in [6, 6.07) is 13.5. The molecule has 0 radical (unpaired) electrons. The minimum atomic E-state index is -0.313. The third-order valence-corrected chi connectivity index (χ3v) is 4.70. The fraction of sp³-hybridized carbons (Fsp3) is 0.188. The Bertz CT molecular complexity index is 627. The topological polar surface area (TPSA) is 52.3 Å². The number of anilines is 1. The zero-order valence-corrected chi connectivity index (χ0v) is 13.6. The first-order valence-electron chi connectivity index (χ1n) is 6.37. The zero-order chi connectivity index (χ0) is 15.2. The molecule has 0 unspecified atom stereocenters. The van der Waals surface area contributed by atoms with Gasteiger partial charge < -0.3 is 10.5 Å². The van der Waals surface area contributed by atoms with Crippen molar-refractivity contribution in [1.82, 2.24) is 0 Å². The highest BCUT2D eigenvalue weighted by atomic mass is 32.2. The molecule has 3 nitrogen and oxygen atoms in total. The summed E-state index contributed by atoms with van der Waals surface area (Å²) in [7, 11) is 1.38. The number of esters is 1. The molecule has 0 heterocycles. The summed E-state index contributed by atoms with van der Waals surface area (Å²) < 4.78 is 4.68. The molecule has 0 amide bonds. The summed E-state index contributed by atoms with van der Waals surface area (Å²) in [4.78, 5) is 13.6. The van der Waals surface area contributed by atoms with Crippen LogP contribution in [-0.4, -0.2) is 19.3 Å². The van der Waals surface area contributed by atoms with Gasteiger partial charge in [0.15, 0.2) is 0 Å². The van der Waals surface area contributed by atoms with E-state index in [1.165, 1.54) is 17.6 Å². The van der Waals surface area contributed by atoms with Crippen molar-refractivity contribution in [3.05, 3.63) is 53.6 Å². The average Bonchev–Trinajstić information content (AvgIpc) is 2.52. The summed E-state index contributed by atoms with van der Waals surface area (Å²) >= 11 is 3.40. The molecule has 2 aromatic carbocycles. The van der Waals surface area contributed by atoms with Crippen molar-refractivity contribution < 1.29 is 9.53 Å². The first kappa shape index (κ1) is 15.8. The largest absolute Gasteiger partial charge is 0.465 e. The molecule has 2 rings (SSSR count). The summed E-state index contributed by atoms with van der Waals surface area (Å²) in [6.45, 7) is 0. The van der Waals surface area contributed by atoms with Crippen molar-refractivity contribution in [2.75, 3.05) is 19.1 Å². The van der Waals surface area contributed by atoms with Gasteiger partial charge in [0.2, 0.25) is 0 Å². The van der Waals surface area contributed by atoms with E-state index >= 15 is 0 Å². The SMILES string of the molecule is COC(=O)c1ccc(SCc2cc(N)cc(SC)c2)cc1. The fourth-order valence-corrected chi connectivity index (χ4v) is 3.21. The number of thioether (sulfide) groups is 2. The molecule has 0 aliphatic carbocycles. The van der Waals surface area contributed by atoms with Crippen LogP contribution in [0.2, 0.25) is 0 Å². The Morgan fingerprint density at radius 1 is 1.14 bits per heavy atom. The molecule has 0 aliphatic rings. The molecule has 0 atom stereocenters. The van der Waals surface area contributed by atoms with Gasteiger partial charge in [-0.25, -0.2) is 4.79 Å². The van der Waals surface area contributed by atoms with Crippen LogP contribution in [0.4, 0.5) is 5.69 Å². The molecule has 2 aromatic rings. The molecule has 21 heavy (non-hydrogen) atoms. The Labute approximate surface area is 133 Å². The van der Waals surface area contributed by atoms with Gasteiger partial charge in [-0.3, -0.25) is 0 Å². The quantitative estimate of drug-likeness (QED) is 0.511. The summed E-state index contributed by atoms with van der Waals surface area (Å²) in [5, 5.41) is 0. The number of nitrogen functional groups attached to an aromatic ring is 1. The Morgan fingerprint density at radius 3 is 2.48 bits per heavy atom. The smallest absolute Gasteiger partial charge is 0.337 e. The standard InChI is InChI=1S/C16H17NO2S2/c1-19-16(18)12-3-5-14(6-4-12)21-10-11-7-13(17)9-15(8-11)20-2/h3-9H,10,17H2,1-2H3. The lowest BCUT2D eigenvalue weighted by Gasteiger charge is -2.06. The van der Waals surface area contributed by atoms with E-state index in [1.807, 2.05) is 30.5 Å². The van der Waals surface area contributed by atoms with Crippen molar-refractivity contribution in [2.45, 2.75) is 15.5 Å². The zero-order valence-electron chi connectivity index (χ0n) is 12.0. The van der Waals surface area contributed by atoms with Crippen LogP contribution in [0, 0.1) is 0 Å². The maximum atomic E-state index is 11.4. The maximum absolute atomic E-state index is 11.4. The van der Waals surface area contributed by atoms with Crippen molar-refractivity contribution in [1.29, 1.82) is 0 Å². The summed E-state index contributed by atoms with van der Waals surface area (Å²) in [5.74, 6) is 0.530. The number of hydrogen-bond acceptors (Lipinski definition) is 5. The molecule has 0 aromatic heterocycles. The van der Waals surface area contributed by atoms with E-state index in [2.05, 4.69) is 10.8 Å². The molecule has 0 saturated heterocycles. The predicted octanol–water partition coefficient (Wildman–Crippen LogP) is 4.07. The summed E-state index contributed by atoms with van der Waals surface area (Å²) in [6.07, 6.45) is 2.04. The minimum absolute atomic E-state index is 0.313. The van der Waals surface area contributed by atoms with Crippen LogP contribution in [0.15, 0.2) is 52.3 Å². The van der Waals surface area contributed by atoms with Gasteiger partial charge in [-0.1, -0.05) is 0 Å². The van der Waals surface area contributed by atoms with Crippen molar-refractivity contribution >= 4 is 35.2 Å². The third kappa shape index (κ3) is 4.44. The van der Waals surface area contributed by atoms with Crippen LogP contribution in [0.3, 0.4) is 0 Å². The molecule has 110 valence electrons. The van der Waals surface area contributed by atoms with Gasteiger partial charge in [0.1, 0.15) is 0 Å². The van der Waals surface area contributed by atoms with Crippen LogP contribution in [0.1, 0.15) is 15.9 Å². The normalized spacial score (nSPS) is 10.4. The van der Waals surface area contributed by atoms with Crippen LogP contribution in [-0.2, 0) is 10.5 Å². The van der Waals surface area contributed by atoms with Gasteiger partial charge >= 0.3 is 5.97 Å². The molecule has 5 heteroatoms. The van der Waals surface area contributed by atoms with Crippen LogP contribution in [0.5, 0.6) is 0 Å². The van der Waals surface area contributed by atoms with E-state index in [0.29, 0.717) is 5.56 Å². The van der Waals surface area contributed by atoms with Crippen molar-refractivity contribution in [2.24, 2.45) is 0 Å². The number of nitrogens with two attached hydrogens (primary N) is 1. The Balaban J connectivity index is 2.03. The number of ether oxygens (including phenoxy) is 1. The molecule has 0 bridgehead atoms. The Kier molecular flexibility index (Phi) is 5.59. The Morgan fingerprint density at radius 2 is 1.86 bits per heavy atom. The second-order valence-electron chi connectivity index (χ2n) is 4.42. The molecule has 0 spiro atoms. The molecule has 0 aliphatic heterocycles. The molecule has 0 fully saturated rings. The number of hydrogen-bond donors (Lipinski definition) is 1. The highest BCUT2D eigenvalue weighted by molar-refractivity contribution is 7.99. The van der Waals surface area contributed by atoms with Gasteiger partial charge in [-0.15, -0.1) is 23.5 Å². The molecular weight excluding hydrogens is 302 g/mol. The van der Waals surface area contributed by atoms with Crippen LogP contribution >= 0.6 is 23.5 Å². The second-order valence-corrected chi connectivity index (χ2v) is 6.35. The van der Waals surface area contributed by atoms with Crippen molar-refractivity contribution in [3.63, 3.8) is 0 Å². The van der Waals surface area contributed by atoms with E-state index in [9.17, 15) is 4.79 Å². The summed E-state index contributed by atoms with van der Waals surface area (Å²) in [5.41, 5.74) is 8.45. The molecular formula is C16H17NO2S2. The van der Waals surface area contributed by atoms with E-state index < -0.39 is 0 Å². The number of methoxy groups -OCH3 is 1. The van der Waals surface area contributed by atoms with E-state index in [-0.39, 0.29) is 5.97 Å². The van der Waals surface area contributed by atoms with E-state index in [4.69, 9.17) is 5.73 Å². The predicted molar refractivity (Wildman–Crippen MR) is 90.0 cm³/mol.